The van der Waals surface area contributed by atoms with E-state index >= 15 is 0 Å². The van der Waals surface area contributed by atoms with Crippen LogP contribution in [0.2, 0.25) is 0 Å². The Kier molecular flexibility index (Phi) is 3.12. The monoisotopic (exact) mass is 299 g/mol. The van der Waals surface area contributed by atoms with Gasteiger partial charge in [0.25, 0.3) is 0 Å². The number of hydrogen-bond donors (Lipinski definition) is 0. The van der Waals surface area contributed by atoms with Gasteiger partial charge in [0, 0.05) is 24.3 Å². The predicted molar refractivity (Wildman–Crippen MR) is 86.3 cm³/mol. The molecule has 0 aromatic heterocycles. The summed E-state index contributed by atoms with van der Waals surface area (Å²) in [6.07, 6.45) is 3.70. The fraction of sp³-hybridized carbons (Fsp3) is 0.632. The maximum Gasteiger partial charge on any atom is 0.134 e. The van der Waals surface area contributed by atoms with E-state index in [9.17, 15) is 4.79 Å². The molecule has 2 unspecified atom stereocenters. The van der Waals surface area contributed by atoms with Crippen LogP contribution in [0.25, 0.3) is 0 Å². The number of likely N-dealkylation sites (tertiary alicyclic amines) is 1. The van der Waals surface area contributed by atoms with Crippen LogP contribution >= 0.6 is 0 Å². The summed E-state index contributed by atoms with van der Waals surface area (Å²) >= 11 is 0. The second-order valence-electron chi connectivity index (χ2n) is 7.60. The SMILES string of the molecule is COc1ccc2c(c1)C13CCN(C)C(C2)[C@H]1[C@H](C)CC(=O)C3. The van der Waals surface area contributed by atoms with Gasteiger partial charge < -0.3 is 9.64 Å². The quantitative estimate of drug-likeness (QED) is 0.798. The summed E-state index contributed by atoms with van der Waals surface area (Å²) < 4.78 is 5.47. The van der Waals surface area contributed by atoms with E-state index in [1.165, 1.54) is 11.1 Å². The van der Waals surface area contributed by atoms with Crippen molar-refractivity contribution in [3.05, 3.63) is 29.3 Å². The highest BCUT2D eigenvalue weighted by atomic mass is 16.5. The zero-order chi connectivity index (χ0) is 15.5. The van der Waals surface area contributed by atoms with Crippen LogP contribution in [0, 0.1) is 11.8 Å². The van der Waals surface area contributed by atoms with E-state index in [-0.39, 0.29) is 5.41 Å². The van der Waals surface area contributed by atoms with Gasteiger partial charge in [-0.25, -0.2) is 0 Å². The molecule has 3 aliphatic rings. The number of fused-ring (bicyclic) bond motifs is 1. The number of methoxy groups -OCH3 is 1. The summed E-state index contributed by atoms with van der Waals surface area (Å²) in [5, 5.41) is 0. The van der Waals surface area contributed by atoms with Crippen LogP contribution in [0.3, 0.4) is 0 Å². The normalized spacial score (nSPS) is 37.4. The standard InChI is InChI=1S/C19H25NO2/c1-12-8-14(21)11-19-6-7-20(2)17(18(12)19)9-13-4-5-15(22-3)10-16(13)19/h4-5,10,12,17-18H,6-9,11H2,1-3H3/t12-,17?,18-,19?/m1/s1. The highest BCUT2D eigenvalue weighted by molar-refractivity contribution is 5.82. The maximum atomic E-state index is 12.4. The van der Waals surface area contributed by atoms with Gasteiger partial charge in [0.05, 0.1) is 7.11 Å². The lowest BCUT2D eigenvalue weighted by Gasteiger charge is -2.60. The lowest BCUT2D eigenvalue weighted by molar-refractivity contribution is -0.130. The molecule has 1 saturated carbocycles. The first-order valence-electron chi connectivity index (χ1n) is 8.44. The predicted octanol–water partition coefficient (Wildman–Crippen LogP) is 2.81. The molecule has 0 N–H and O–H groups in total. The van der Waals surface area contributed by atoms with Crippen molar-refractivity contribution in [2.45, 2.75) is 44.1 Å². The van der Waals surface area contributed by atoms with Crippen LogP contribution in [-0.4, -0.2) is 37.4 Å². The van der Waals surface area contributed by atoms with Crippen LogP contribution < -0.4 is 4.74 Å². The Bertz CT molecular complexity index is 626. The number of benzene rings is 1. The summed E-state index contributed by atoms with van der Waals surface area (Å²) in [6, 6.07) is 7.09. The molecule has 4 rings (SSSR count). The zero-order valence-electron chi connectivity index (χ0n) is 13.8. The molecule has 1 aromatic carbocycles. The molecular weight excluding hydrogens is 274 g/mol. The number of piperidine rings is 1. The molecule has 1 aromatic rings. The van der Waals surface area contributed by atoms with E-state index in [0.29, 0.717) is 23.7 Å². The summed E-state index contributed by atoms with van der Waals surface area (Å²) in [7, 11) is 3.98. The van der Waals surface area contributed by atoms with Gasteiger partial charge in [-0.15, -0.1) is 0 Å². The van der Waals surface area contributed by atoms with Crippen molar-refractivity contribution in [1.29, 1.82) is 0 Å². The number of carbonyl (C=O) groups is 1. The van der Waals surface area contributed by atoms with Gasteiger partial charge in [-0.3, -0.25) is 4.79 Å². The van der Waals surface area contributed by atoms with Crippen molar-refractivity contribution in [2.24, 2.45) is 11.8 Å². The van der Waals surface area contributed by atoms with Gasteiger partial charge >= 0.3 is 0 Å². The third-order valence-corrected chi connectivity index (χ3v) is 6.49. The number of ketones is 1. The molecule has 0 spiro atoms. The van der Waals surface area contributed by atoms with E-state index < -0.39 is 0 Å². The van der Waals surface area contributed by atoms with Crippen molar-refractivity contribution < 1.29 is 9.53 Å². The van der Waals surface area contributed by atoms with E-state index in [1.54, 1.807) is 7.11 Å². The molecule has 4 atom stereocenters. The first-order valence-corrected chi connectivity index (χ1v) is 8.44. The first-order chi connectivity index (χ1) is 10.5. The van der Waals surface area contributed by atoms with Gasteiger partial charge in [0.15, 0.2) is 0 Å². The Morgan fingerprint density at radius 2 is 2.14 bits per heavy atom. The smallest absolute Gasteiger partial charge is 0.134 e. The van der Waals surface area contributed by atoms with Gasteiger partial charge in [-0.05, 0) is 61.5 Å². The third-order valence-electron chi connectivity index (χ3n) is 6.49. The highest BCUT2D eigenvalue weighted by Gasteiger charge is 2.57. The molecule has 0 radical (unpaired) electrons. The molecule has 3 nitrogen and oxygen atoms in total. The number of nitrogens with zero attached hydrogens (tertiary/aromatic N) is 1. The van der Waals surface area contributed by atoms with E-state index in [2.05, 4.69) is 37.1 Å². The summed E-state index contributed by atoms with van der Waals surface area (Å²) in [5.74, 6) is 2.45. The Morgan fingerprint density at radius 3 is 2.91 bits per heavy atom. The Balaban J connectivity index is 1.92. The van der Waals surface area contributed by atoms with Gasteiger partial charge in [0.1, 0.15) is 11.5 Å². The molecule has 0 amide bonds. The molecule has 118 valence electrons. The van der Waals surface area contributed by atoms with Crippen LogP contribution in [-0.2, 0) is 16.6 Å². The largest absolute Gasteiger partial charge is 0.497 e. The first kappa shape index (κ1) is 14.3. The number of hydrogen-bond acceptors (Lipinski definition) is 3. The molecule has 2 fully saturated rings. The van der Waals surface area contributed by atoms with Crippen molar-refractivity contribution in [3.8, 4) is 5.75 Å². The fourth-order valence-electron chi connectivity index (χ4n) is 5.63. The minimum absolute atomic E-state index is 0.0497. The minimum Gasteiger partial charge on any atom is -0.497 e. The van der Waals surface area contributed by atoms with Gasteiger partial charge in [0.2, 0.25) is 0 Å². The number of likely N-dealkylation sites (N-methyl/N-ethyl adjacent to an activating group) is 1. The summed E-state index contributed by atoms with van der Waals surface area (Å²) in [5.41, 5.74) is 2.88. The number of Topliss-reactive ketones (excluding diaryl/α,β-unsaturated/α-hetero) is 1. The maximum absolute atomic E-state index is 12.4. The second-order valence-corrected chi connectivity index (χ2v) is 7.60. The van der Waals surface area contributed by atoms with Gasteiger partial charge in [-0.1, -0.05) is 13.0 Å². The zero-order valence-corrected chi connectivity index (χ0v) is 13.8. The lowest BCUT2D eigenvalue weighted by Crippen LogP contribution is -2.63. The molecule has 1 heterocycles. The van der Waals surface area contributed by atoms with E-state index in [1.807, 2.05) is 0 Å². The van der Waals surface area contributed by atoms with E-state index in [0.717, 1.165) is 38.0 Å². The molecule has 1 saturated heterocycles. The average Bonchev–Trinajstić information content (AvgIpc) is 2.50. The van der Waals surface area contributed by atoms with Crippen LogP contribution in [0.4, 0.5) is 0 Å². The molecular formula is C19H25NO2. The minimum atomic E-state index is 0.0497. The third kappa shape index (κ3) is 1.81. The summed E-state index contributed by atoms with van der Waals surface area (Å²) in [4.78, 5) is 15.0. The Morgan fingerprint density at radius 1 is 1.32 bits per heavy atom. The van der Waals surface area contributed by atoms with Crippen molar-refractivity contribution >= 4 is 5.78 Å². The summed E-state index contributed by atoms with van der Waals surface area (Å²) in [6.45, 7) is 3.38. The molecule has 2 aliphatic carbocycles. The fourth-order valence-corrected chi connectivity index (χ4v) is 5.63. The van der Waals surface area contributed by atoms with Crippen molar-refractivity contribution in [1.82, 2.24) is 4.90 Å². The van der Waals surface area contributed by atoms with Crippen LogP contribution in [0.5, 0.6) is 5.75 Å². The van der Waals surface area contributed by atoms with Gasteiger partial charge in [-0.2, -0.15) is 0 Å². The molecule has 3 heteroatoms. The average molecular weight is 299 g/mol. The molecule has 1 aliphatic heterocycles. The number of rotatable bonds is 1. The molecule has 22 heavy (non-hydrogen) atoms. The highest BCUT2D eigenvalue weighted by Crippen LogP contribution is 2.56. The van der Waals surface area contributed by atoms with Crippen LogP contribution in [0.1, 0.15) is 37.3 Å². The molecule has 2 bridgehead atoms. The van der Waals surface area contributed by atoms with Crippen molar-refractivity contribution in [3.63, 3.8) is 0 Å². The van der Waals surface area contributed by atoms with Crippen molar-refractivity contribution in [2.75, 3.05) is 20.7 Å². The lowest BCUT2D eigenvalue weighted by atomic mass is 9.49. The Hall–Kier alpha value is -1.35. The van der Waals surface area contributed by atoms with E-state index in [4.69, 9.17) is 4.74 Å². The number of ether oxygens (including phenoxy) is 1. The topological polar surface area (TPSA) is 29.5 Å². The number of carbonyl (C=O) groups excluding carboxylic acids is 1. The Labute approximate surface area is 132 Å². The second kappa shape index (κ2) is 4.82. The van der Waals surface area contributed by atoms with Crippen LogP contribution in [0.15, 0.2) is 18.2 Å².